The van der Waals surface area contributed by atoms with Gasteiger partial charge in [0.2, 0.25) is 11.9 Å². The average molecular weight is 521 g/mol. The van der Waals surface area contributed by atoms with Crippen molar-refractivity contribution in [3.8, 4) is 5.75 Å². The fraction of sp³-hybridized carbons (Fsp3) is 0.296. The minimum atomic E-state index is -0.270. The third-order valence-electron chi connectivity index (χ3n) is 6.33. The van der Waals surface area contributed by atoms with Crippen LogP contribution in [0.3, 0.4) is 0 Å². The van der Waals surface area contributed by atoms with Crippen molar-refractivity contribution in [2.24, 2.45) is 0 Å². The number of nitrogens with one attached hydrogen (secondary N) is 3. The summed E-state index contributed by atoms with van der Waals surface area (Å²) in [7, 11) is 1.63. The Morgan fingerprint density at radius 2 is 1.97 bits per heavy atom. The molecule has 2 aromatic carbocycles. The molecule has 0 bridgehead atoms. The van der Waals surface area contributed by atoms with Crippen molar-refractivity contribution < 1.29 is 14.3 Å². The topological polar surface area (TPSA) is 101 Å². The number of benzene rings is 2. The van der Waals surface area contributed by atoms with E-state index < -0.39 is 0 Å². The molecule has 1 aromatic heterocycles. The molecule has 2 heterocycles. The van der Waals surface area contributed by atoms with Crippen LogP contribution >= 0.6 is 11.6 Å². The van der Waals surface area contributed by atoms with Crippen LogP contribution in [0.4, 0.5) is 34.5 Å². The maximum absolute atomic E-state index is 11.8. The van der Waals surface area contributed by atoms with E-state index in [0.717, 1.165) is 48.6 Å². The molecule has 37 heavy (non-hydrogen) atoms. The van der Waals surface area contributed by atoms with Crippen molar-refractivity contribution >= 4 is 52.0 Å². The summed E-state index contributed by atoms with van der Waals surface area (Å²) in [5, 5.41) is 9.77. The molecule has 1 saturated heterocycles. The number of carbonyl (C=O) groups is 1. The molecule has 2 aliphatic rings. The van der Waals surface area contributed by atoms with E-state index >= 15 is 0 Å². The molecule has 0 atom stereocenters. The fourth-order valence-electron chi connectivity index (χ4n) is 4.25. The monoisotopic (exact) mass is 520 g/mol. The summed E-state index contributed by atoms with van der Waals surface area (Å²) in [5.74, 6) is 1.71. The molecule has 1 saturated carbocycles. The molecule has 0 unspecified atom stereocenters. The molecule has 1 aliphatic carbocycles. The molecule has 3 N–H and O–H groups in total. The Morgan fingerprint density at radius 1 is 1.16 bits per heavy atom. The van der Waals surface area contributed by atoms with Gasteiger partial charge in [0, 0.05) is 36.2 Å². The molecular formula is C27H29ClN6O3. The largest absolute Gasteiger partial charge is 0.494 e. The van der Waals surface area contributed by atoms with Crippen molar-refractivity contribution in [1.82, 2.24) is 9.97 Å². The zero-order chi connectivity index (χ0) is 25.8. The zero-order valence-electron chi connectivity index (χ0n) is 20.6. The molecule has 1 aliphatic heterocycles. The van der Waals surface area contributed by atoms with Crippen molar-refractivity contribution in [2.45, 2.75) is 18.8 Å². The quantitative estimate of drug-likeness (QED) is 0.320. The van der Waals surface area contributed by atoms with Crippen molar-refractivity contribution in [3.05, 3.63) is 65.8 Å². The van der Waals surface area contributed by atoms with Gasteiger partial charge in [0.1, 0.15) is 10.8 Å². The highest BCUT2D eigenvalue weighted by molar-refractivity contribution is 6.33. The predicted molar refractivity (Wildman–Crippen MR) is 147 cm³/mol. The third-order valence-corrected chi connectivity index (χ3v) is 6.60. The lowest BCUT2D eigenvalue weighted by molar-refractivity contribution is -0.111. The van der Waals surface area contributed by atoms with E-state index in [0.29, 0.717) is 47.4 Å². The van der Waals surface area contributed by atoms with E-state index in [-0.39, 0.29) is 5.91 Å². The number of hydrogen-bond donors (Lipinski definition) is 3. The van der Waals surface area contributed by atoms with Crippen LogP contribution < -0.4 is 25.6 Å². The SMILES string of the molecule is C=CC(=O)Nc1ccc(C2CC2)c(Nc2ncc(Cl)c(Nc3ccc(N4CCOCC4)cc3OC)n2)c1. The van der Waals surface area contributed by atoms with Gasteiger partial charge in [0.05, 0.1) is 32.2 Å². The van der Waals surface area contributed by atoms with E-state index in [9.17, 15) is 4.79 Å². The Morgan fingerprint density at radius 3 is 2.70 bits per heavy atom. The van der Waals surface area contributed by atoms with Crippen LogP contribution in [0.25, 0.3) is 0 Å². The van der Waals surface area contributed by atoms with Gasteiger partial charge in [-0.2, -0.15) is 4.98 Å². The van der Waals surface area contributed by atoms with Crippen LogP contribution in [0.5, 0.6) is 5.75 Å². The first-order chi connectivity index (χ1) is 18.0. The van der Waals surface area contributed by atoms with E-state index in [2.05, 4.69) is 37.4 Å². The van der Waals surface area contributed by atoms with Crippen LogP contribution in [0.1, 0.15) is 24.3 Å². The van der Waals surface area contributed by atoms with Crippen LogP contribution in [0.15, 0.2) is 55.3 Å². The number of nitrogens with zero attached hydrogens (tertiary/aromatic N) is 3. The minimum Gasteiger partial charge on any atom is -0.494 e. The Balaban J connectivity index is 1.38. The molecule has 3 aromatic rings. The van der Waals surface area contributed by atoms with Crippen LogP contribution in [-0.4, -0.2) is 49.3 Å². The summed E-state index contributed by atoms with van der Waals surface area (Å²) in [5.41, 5.74) is 4.46. The maximum atomic E-state index is 11.8. The summed E-state index contributed by atoms with van der Waals surface area (Å²) < 4.78 is 11.1. The summed E-state index contributed by atoms with van der Waals surface area (Å²) in [6, 6.07) is 11.8. The Hall–Kier alpha value is -3.82. The van der Waals surface area contributed by atoms with Crippen LogP contribution in [0.2, 0.25) is 5.02 Å². The first-order valence-corrected chi connectivity index (χ1v) is 12.6. The Labute approximate surface area is 220 Å². The van der Waals surface area contributed by atoms with Gasteiger partial charge in [-0.05, 0) is 54.7 Å². The van der Waals surface area contributed by atoms with Crippen LogP contribution in [-0.2, 0) is 9.53 Å². The van der Waals surface area contributed by atoms with Gasteiger partial charge in [-0.15, -0.1) is 0 Å². The second-order valence-corrected chi connectivity index (χ2v) is 9.30. The zero-order valence-corrected chi connectivity index (χ0v) is 21.3. The molecular weight excluding hydrogens is 492 g/mol. The number of amides is 1. The lowest BCUT2D eigenvalue weighted by atomic mass is 10.1. The molecule has 10 heteroatoms. The molecule has 9 nitrogen and oxygen atoms in total. The number of ether oxygens (including phenoxy) is 2. The number of methoxy groups -OCH3 is 1. The second kappa shape index (κ2) is 11.1. The third kappa shape index (κ3) is 5.95. The fourth-order valence-corrected chi connectivity index (χ4v) is 4.39. The predicted octanol–water partition coefficient (Wildman–Crippen LogP) is 5.46. The van der Waals surface area contributed by atoms with Gasteiger partial charge in [-0.25, -0.2) is 4.98 Å². The number of halogens is 1. The van der Waals surface area contributed by atoms with Gasteiger partial charge >= 0.3 is 0 Å². The van der Waals surface area contributed by atoms with Gasteiger partial charge in [0.25, 0.3) is 0 Å². The number of hydrogen-bond acceptors (Lipinski definition) is 8. The highest BCUT2D eigenvalue weighted by atomic mass is 35.5. The summed E-state index contributed by atoms with van der Waals surface area (Å²) in [6.45, 7) is 6.60. The molecule has 5 rings (SSSR count). The lowest BCUT2D eigenvalue weighted by Gasteiger charge is -2.29. The van der Waals surface area contributed by atoms with Crippen molar-refractivity contribution in [1.29, 1.82) is 0 Å². The first kappa shape index (κ1) is 24.9. The molecule has 1 amide bonds. The van der Waals surface area contributed by atoms with Gasteiger partial charge < -0.3 is 30.3 Å². The minimum absolute atomic E-state index is 0.270. The van der Waals surface area contributed by atoms with E-state index in [4.69, 9.17) is 21.1 Å². The normalized spacial score (nSPS) is 15.1. The average Bonchev–Trinajstić information content (AvgIpc) is 3.77. The highest BCUT2D eigenvalue weighted by Gasteiger charge is 2.26. The molecule has 2 fully saturated rings. The number of anilines is 6. The molecule has 0 spiro atoms. The number of aromatic nitrogens is 2. The molecule has 0 radical (unpaired) electrons. The first-order valence-electron chi connectivity index (χ1n) is 12.2. The Bertz CT molecular complexity index is 1310. The van der Waals surface area contributed by atoms with Gasteiger partial charge in [-0.1, -0.05) is 24.2 Å². The van der Waals surface area contributed by atoms with Gasteiger partial charge in [0.15, 0.2) is 5.82 Å². The van der Waals surface area contributed by atoms with Crippen LogP contribution in [0, 0.1) is 0 Å². The second-order valence-electron chi connectivity index (χ2n) is 8.89. The van der Waals surface area contributed by atoms with Crippen molar-refractivity contribution in [3.63, 3.8) is 0 Å². The summed E-state index contributed by atoms with van der Waals surface area (Å²) in [6.07, 6.45) is 5.04. The highest BCUT2D eigenvalue weighted by Crippen LogP contribution is 2.44. The summed E-state index contributed by atoms with van der Waals surface area (Å²) in [4.78, 5) is 23.0. The van der Waals surface area contributed by atoms with Crippen molar-refractivity contribution in [2.75, 3.05) is 54.3 Å². The number of morpholine rings is 1. The maximum Gasteiger partial charge on any atom is 0.247 e. The Kier molecular flexibility index (Phi) is 7.43. The number of rotatable bonds is 9. The number of carbonyl (C=O) groups excluding carboxylic acids is 1. The van der Waals surface area contributed by atoms with E-state index in [1.54, 1.807) is 13.3 Å². The standard InChI is InChI=1S/C27H29ClN6O3/c1-3-25(35)30-18-6-8-20(17-4-5-17)23(14-18)32-27-29-16-21(28)26(33-27)31-22-9-7-19(15-24(22)36-2)34-10-12-37-13-11-34/h3,6-9,14-17H,1,4-5,10-13H2,2H3,(H,30,35)(H2,29,31,32,33). The van der Waals surface area contributed by atoms with E-state index in [1.807, 2.05) is 36.4 Å². The van der Waals surface area contributed by atoms with Gasteiger partial charge in [-0.3, -0.25) is 4.79 Å². The van der Waals surface area contributed by atoms with E-state index in [1.165, 1.54) is 6.08 Å². The smallest absolute Gasteiger partial charge is 0.247 e. The molecule has 192 valence electrons. The lowest BCUT2D eigenvalue weighted by Crippen LogP contribution is -2.36. The summed E-state index contributed by atoms with van der Waals surface area (Å²) >= 11 is 6.45.